The maximum absolute atomic E-state index is 13.5. The van der Waals surface area contributed by atoms with Gasteiger partial charge in [-0.25, -0.2) is 0 Å². The monoisotopic (exact) mass is 390 g/mol. The van der Waals surface area contributed by atoms with E-state index in [0.29, 0.717) is 24.8 Å². The van der Waals surface area contributed by atoms with Crippen LogP contribution in [0.5, 0.6) is 0 Å². The summed E-state index contributed by atoms with van der Waals surface area (Å²) >= 11 is 0. The van der Waals surface area contributed by atoms with E-state index in [1.54, 1.807) is 6.08 Å². The molecule has 2 saturated heterocycles. The van der Waals surface area contributed by atoms with Crippen LogP contribution < -0.4 is 0 Å². The maximum atomic E-state index is 13.5. The molecule has 0 bridgehead atoms. The highest BCUT2D eigenvalue weighted by molar-refractivity contribution is 5.83. The van der Waals surface area contributed by atoms with Gasteiger partial charge in [0.1, 0.15) is 0 Å². The van der Waals surface area contributed by atoms with E-state index in [1.807, 2.05) is 41.3 Å². The van der Waals surface area contributed by atoms with Crippen molar-refractivity contribution in [2.24, 2.45) is 11.8 Å². The van der Waals surface area contributed by atoms with Crippen molar-refractivity contribution in [1.82, 2.24) is 9.80 Å². The van der Waals surface area contributed by atoms with Crippen molar-refractivity contribution in [3.63, 3.8) is 0 Å². The Balaban J connectivity index is 1.54. The summed E-state index contributed by atoms with van der Waals surface area (Å²) in [4.78, 5) is 17.9. The molecule has 2 aliphatic heterocycles. The number of aliphatic hydroxyl groups is 1. The molecule has 0 spiro atoms. The average molecular weight is 391 g/mol. The van der Waals surface area contributed by atoms with Crippen molar-refractivity contribution in [1.29, 1.82) is 0 Å². The Kier molecular flexibility index (Phi) is 6.12. The van der Waals surface area contributed by atoms with Crippen LogP contribution in [0.4, 0.5) is 0 Å². The number of benzene rings is 2. The fourth-order valence-electron chi connectivity index (χ4n) is 5.01. The third-order valence-electron chi connectivity index (χ3n) is 6.43. The van der Waals surface area contributed by atoms with Gasteiger partial charge in [0.2, 0.25) is 5.91 Å². The third kappa shape index (κ3) is 4.44. The molecule has 29 heavy (non-hydrogen) atoms. The second kappa shape index (κ2) is 8.93. The topological polar surface area (TPSA) is 43.8 Å². The Hall–Kier alpha value is -2.43. The molecule has 0 aliphatic carbocycles. The van der Waals surface area contributed by atoms with Gasteiger partial charge in [-0.1, -0.05) is 66.7 Å². The summed E-state index contributed by atoms with van der Waals surface area (Å²) in [7, 11) is 0. The number of amides is 1. The molecule has 2 aromatic rings. The van der Waals surface area contributed by atoms with E-state index in [4.69, 9.17) is 0 Å². The van der Waals surface area contributed by atoms with E-state index < -0.39 is 6.10 Å². The van der Waals surface area contributed by atoms with Gasteiger partial charge in [0, 0.05) is 26.2 Å². The predicted molar refractivity (Wildman–Crippen MR) is 115 cm³/mol. The molecule has 2 aliphatic rings. The van der Waals surface area contributed by atoms with Crippen LogP contribution in [0.25, 0.3) is 0 Å². The largest absolute Gasteiger partial charge is 0.389 e. The number of carbonyl (C=O) groups excluding carboxylic acids is 1. The summed E-state index contributed by atoms with van der Waals surface area (Å²) in [5.74, 6) is 0.851. The van der Waals surface area contributed by atoms with Gasteiger partial charge in [-0.05, 0) is 35.8 Å². The van der Waals surface area contributed by atoms with E-state index in [2.05, 4.69) is 35.7 Å². The van der Waals surface area contributed by atoms with Gasteiger partial charge in [-0.15, -0.1) is 6.58 Å². The summed E-state index contributed by atoms with van der Waals surface area (Å²) in [5, 5.41) is 10.2. The smallest absolute Gasteiger partial charge is 0.240 e. The van der Waals surface area contributed by atoms with Gasteiger partial charge in [-0.3, -0.25) is 9.69 Å². The van der Waals surface area contributed by atoms with Gasteiger partial charge < -0.3 is 10.0 Å². The number of piperidine rings is 1. The average Bonchev–Trinajstić information content (AvgIpc) is 3.09. The number of carbonyl (C=O) groups is 1. The molecule has 152 valence electrons. The Morgan fingerprint density at radius 1 is 1.03 bits per heavy atom. The lowest BCUT2D eigenvalue weighted by Gasteiger charge is -2.38. The van der Waals surface area contributed by atoms with Crippen LogP contribution in [0.1, 0.15) is 24.0 Å². The first-order valence-electron chi connectivity index (χ1n) is 10.6. The number of fused-ring (bicyclic) bond motifs is 1. The minimum atomic E-state index is -0.505. The van der Waals surface area contributed by atoms with Crippen LogP contribution >= 0.6 is 0 Å². The molecule has 4 atom stereocenters. The lowest BCUT2D eigenvalue weighted by Crippen LogP contribution is -2.52. The molecule has 1 N–H and O–H groups in total. The minimum Gasteiger partial charge on any atom is -0.389 e. The lowest BCUT2D eigenvalue weighted by atomic mass is 9.81. The lowest BCUT2D eigenvalue weighted by molar-refractivity contribution is -0.141. The summed E-state index contributed by atoms with van der Waals surface area (Å²) in [5.41, 5.74) is 2.40. The first-order valence-corrected chi connectivity index (χ1v) is 10.6. The molecular weight excluding hydrogens is 360 g/mol. The van der Waals surface area contributed by atoms with Crippen LogP contribution in [0.15, 0.2) is 73.3 Å². The fraction of sp³-hybridized carbons (Fsp3) is 0.400. The molecule has 4 rings (SSSR count). The minimum absolute atomic E-state index is 0.102. The molecule has 4 heteroatoms. The normalized spacial score (nSPS) is 25.6. The third-order valence-corrected chi connectivity index (χ3v) is 6.43. The zero-order valence-corrected chi connectivity index (χ0v) is 16.9. The molecule has 0 radical (unpaired) electrons. The SMILES string of the molecule is C=CC(O)C[C@@H]1CN(Cc2ccccc2)[C@@H]2C(=O)N(Cc3ccccc3)CC[C@H]12. The van der Waals surface area contributed by atoms with E-state index in [-0.39, 0.29) is 11.9 Å². The highest BCUT2D eigenvalue weighted by Gasteiger charge is 2.49. The van der Waals surface area contributed by atoms with Crippen LogP contribution in [0, 0.1) is 11.8 Å². The summed E-state index contributed by atoms with van der Waals surface area (Å²) in [6.07, 6.45) is 2.78. The number of hydrogen-bond acceptors (Lipinski definition) is 3. The van der Waals surface area contributed by atoms with Crippen LogP contribution in [-0.4, -0.2) is 46.0 Å². The molecule has 1 amide bonds. The summed E-state index contributed by atoms with van der Waals surface area (Å²) in [6.45, 7) is 6.80. The van der Waals surface area contributed by atoms with Crippen molar-refractivity contribution < 1.29 is 9.90 Å². The molecule has 2 fully saturated rings. The standard InChI is InChI=1S/C25H30N2O2/c1-2-22(28)15-21-18-27(17-20-11-7-4-8-12-20)24-23(21)13-14-26(25(24)29)16-19-9-5-3-6-10-19/h2-12,21-24,28H,1,13-18H2/t21-,22?,23-,24+/m1/s1. The van der Waals surface area contributed by atoms with Gasteiger partial charge in [0.25, 0.3) is 0 Å². The summed E-state index contributed by atoms with van der Waals surface area (Å²) in [6, 6.07) is 20.5. The van der Waals surface area contributed by atoms with Crippen LogP contribution in [0.2, 0.25) is 0 Å². The summed E-state index contributed by atoms with van der Waals surface area (Å²) < 4.78 is 0. The number of likely N-dealkylation sites (tertiary alicyclic amines) is 2. The molecule has 4 nitrogen and oxygen atoms in total. The fourth-order valence-corrected chi connectivity index (χ4v) is 5.01. The number of aliphatic hydroxyl groups excluding tert-OH is 1. The molecule has 2 heterocycles. The first-order chi connectivity index (χ1) is 14.2. The molecule has 0 aromatic heterocycles. The highest BCUT2D eigenvalue weighted by atomic mass is 16.3. The van der Waals surface area contributed by atoms with E-state index in [0.717, 1.165) is 26.1 Å². The molecular formula is C25H30N2O2. The first kappa shape index (κ1) is 19.9. The van der Waals surface area contributed by atoms with E-state index >= 15 is 0 Å². The Morgan fingerprint density at radius 3 is 2.28 bits per heavy atom. The second-order valence-corrected chi connectivity index (χ2v) is 8.36. The van der Waals surface area contributed by atoms with Crippen molar-refractivity contribution >= 4 is 5.91 Å². The van der Waals surface area contributed by atoms with Gasteiger partial charge in [0.05, 0.1) is 12.1 Å². The Bertz CT molecular complexity index is 823. The van der Waals surface area contributed by atoms with E-state index in [1.165, 1.54) is 11.1 Å². The predicted octanol–water partition coefficient (Wildman–Crippen LogP) is 3.47. The highest BCUT2D eigenvalue weighted by Crippen LogP contribution is 2.40. The van der Waals surface area contributed by atoms with Gasteiger partial charge in [0.15, 0.2) is 0 Å². The zero-order chi connectivity index (χ0) is 20.2. The molecule has 2 aromatic carbocycles. The van der Waals surface area contributed by atoms with Crippen molar-refractivity contribution in [2.75, 3.05) is 13.1 Å². The Morgan fingerprint density at radius 2 is 1.66 bits per heavy atom. The van der Waals surface area contributed by atoms with Crippen molar-refractivity contribution in [2.45, 2.75) is 38.1 Å². The van der Waals surface area contributed by atoms with Crippen molar-refractivity contribution in [3.05, 3.63) is 84.4 Å². The van der Waals surface area contributed by atoms with E-state index in [9.17, 15) is 9.90 Å². The van der Waals surface area contributed by atoms with Crippen molar-refractivity contribution in [3.8, 4) is 0 Å². The zero-order valence-electron chi connectivity index (χ0n) is 16.9. The number of hydrogen-bond donors (Lipinski definition) is 1. The van der Waals surface area contributed by atoms with Crippen LogP contribution in [-0.2, 0) is 17.9 Å². The number of rotatable bonds is 7. The van der Waals surface area contributed by atoms with Gasteiger partial charge in [-0.2, -0.15) is 0 Å². The maximum Gasteiger partial charge on any atom is 0.240 e. The van der Waals surface area contributed by atoms with Crippen LogP contribution in [0.3, 0.4) is 0 Å². The Labute approximate surface area is 173 Å². The quantitative estimate of drug-likeness (QED) is 0.736. The molecule has 0 saturated carbocycles. The molecule has 1 unspecified atom stereocenters. The van der Waals surface area contributed by atoms with Gasteiger partial charge >= 0.3 is 0 Å². The second-order valence-electron chi connectivity index (χ2n) is 8.36. The number of nitrogens with zero attached hydrogens (tertiary/aromatic N) is 2.